The molecule has 0 saturated carbocycles. The summed E-state index contributed by atoms with van der Waals surface area (Å²) in [7, 11) is 0. The van der Waals surface area contributed by atoms with Gasteiger partial charge in [-0.1, -0.05) is 41.5 Å². The highest BCUT2D eigenvalue weighted by Crippen LogP contribution is 2.22. The minimum atomic E-state index is -0.413. The van der Waals surface area contributed by atoms with Gasteiger partial charge in [-0.25, -0.2) is 9.97 Å². The minimum absolute atomic E-state index is 0.0996. The van der Waals surface area contributed by atoms with Crippen LogP contribution in [0.5, 0.6) is 0 Å². The van der Waals surface area contributed by atoms with Gasteiger partial charge in [0.05, 0.1) is 6.10 Å². The Bertz CT molecular complexity index is 446. The van der Waals surface area contributed by atoms with Crippen LogP contribution in [-0.4, -0.2) is 27.7 Å². The molecule has 0 fully saturated rings. The number of nitrogens with one attached hydrogen (secondary N) is 1. The highest BCUT2D eigenvalue weighted by molar-refractivity contribution is 5.45. The molecule has 0 aromatic carbocycles. The minimum Gasteiger partial charge on any atom is -0.391 e. The zero-order valence-corrected chi connectivity index (χ0v) is 13.5. The number of anilines is 2. The summed E-state index contributed by atoms with van der Waals surface area (Å²) in [6, 6.07) is 1.69. The third-order valence-electron chi connectivity index (χ3n) is 2.78. The summed E-state index contributed by atoms with van der Waals surface area (Å²) in [5, 5.41) is 13.1. The number of rotatable bonds is 4. The van der Waals surface area contributed by atoms with Crippen LogP contribution >= 0.6 is 0 Å². The Hall–Kier alpha value is -1.36. The smallest absolute Gasteiger partial charge is 0.138 e. The molecule has 5 nitrogen and oxygen atoms in total. The van der Waals surface area contributed by atoms with Crippen LogP contribution in [0.25, 0.3) is 0 Å². The summed E-state index contributed by atoms with van der Waals surface area (Å²) < 4.78 is 0. The van der Waals surface area contributed by atoms with Crippen LogP contribution in [0.3, 0.4) is 0 Å². The molecule has 20 heavy (non-hydrogen) atoms. The van der Waals surface area contributed by atoms with E-state index in [2.05, 4.69) is 36.1 Å². The van der Waals surface area contributed by atoms with E-state index in [1.165, 1.54) is 0 Å². The third kappa shape index (κ3) is 5.74. The van der Waals surface area contributed by atoms with Gasteiger partial charge in [0.2, 0.25) is 0 Å². The van der Waals surface area contributed by atoms with E-state index in [-0.39, 0.29) is 10.8 Å². The lowest BCUT2D eigenvalue weighted by Crippen LogP contribution is -2.26. The first kappa shape index (κ1) is 16.7. The third-order valence-corrected chi connectivity index (χ3v) is 2.78. The zero-order valence-electron chi connectivity index (χ0n) is 13.5. The van der Waals surface area contributed by atoms with Crippen LogP contribution in [0.2, 0.25) is 0 Å². The van der Waals surface area contributed by atoms with E-state index in [9.17, 15) is 5.11 Å². The van der Waals surface area contributed by atoms with E-state index in [0.29, 0.717) is 24.0 Å². The van der Waals surface area contributed by atoms with Crippen molar-refractivity contribution in [3.63, 3.8) is 0 Å². The highest BCUT2D eigenvalue weighted by atomic mass is 16.3. The Labute approximate surface area is 122 Å². The Morgan fingerprint density at radius 2 is 1.80 bits per heavy atom. The Balaban J connectivity index is 2.71. The Kier molecular flexibility index (Phi) is 4.97. The Morgan fingerprint density at radius 1 is 1.20 bits per heavy atom. The van der Waals surface area contributed by atoms with Crippen molar-refractivity contribution in [2.75, 3.05) is 17.6 Å². The first-order valence-electron chi connectivity index (χ1n) is 7.04. The number of aliphatic hydroxyl groups excluding tert-OH is 1. The first-order chi connectivity index (χ1) is 8.97. The largest absolute Gasteiger partial charge is 0.391 e. The molecule has 1 heterocycles. The van der Waals surface area contributed by atoms with E-state index in [1.54, 1.807) is 6.07 Å². The predicted molar refractivity (Wildman–Crippen MR) is 83.7 cm³/mol. The van der Waals surface area contributed by atoms with E-state index < -0.39 is 6.10 Å². The zero-order chi connectivity index (χ0) is 15.6. The molecule has 1 atom stereocenters. The molecular weight excluding hydrogens is 252 g/mol. The monoisotopic (exact) mass is 280 g/mol. The van der Waals surface area contributed by atoms with Gasteiger partial charge >= 0.3 is 0 Å². The van der Waals surface area contributed by atoms with Gasteiger partial charge in [-0.05, 0) is 11.8 Å². The van der Waals surface area contributed by atoms with Crippen molar-refractivity contribution in [3.05, 3.63) is 11.9 Å². The molecule has 1 rings (SSSR count). The van der Waals surface area contributed by atoms with Crippen LogP contribution in [-0.2, 0) is 5.41 Å². The van der Waals surface area contributed by atoms with E-state index in [1.807, 2.05) is 20.8 Å². The molecule has 114 valence electrons. The number of nitrogens with two attached hydrogens (primary N) is 1. The van der Waals surface area contributed by atoms with Gasteiger partial charge in [0.15, 0.2) is 0 Å². The van der Waals surface area contributed by atoms with E-state index in [0.717, 1.165) is 6.42 Å². The Morgan fingerprint density at radius 3 is 2.30 bits per heavy atom. The van der Waals surface area contributed by atoms with E-state index in [4.69, 9.17) is 5.73 Å². The number of hydrogen-bond donors (Lipinski definition) is 3. The normalized spacial score (nSPS) is 14.2. The van der Waals surface area contributed by atoms with Gasteiger partial charge in [-0.15, -0.1) is 0 Å². The molecular formula is C15H28N4O. The van der Waals surface area contributed by atoms with Crippen LogP contribution in [0.15, 0.2) is 6.07 Å². The van der Waals surface area contributed by atoms with Gasteiger partial charge in [-0.3, -0.25) is 0 Å². The van der Waals surface area contributed by atoms with E-state index >= 15 is 0 Å². The molecule has 0 aliphatic rings. The second-order valence-electron chi connectivity index (χ2n) is 7.55. The quantitative estimate of drug-likeness (QED) is 0.789. The molecule has 0 saturated heterocycles. The summed E-state index contributed by atoms with van der Waals surface area (Å²) in [5.41, 5.74) is 5.75. The van der Waals surface area contributed by atoms with Crippen LogP contribution in [0, 0.1) is 5.41 Å². The summed E-state index contributed by atoms with van der Waals surface area (Å²) in [5.74, 6) is 1.80. The SMILES string of the molecule is CC(C)(C)CC(O)CNc1cc(N)nc(C(C)(C)C)n1. The second kappa shape index (κ2) is 5.95. The number of nitrogen functional groups attached to an aromatic ring is 1. The van der Waals surface area contributed by atoms with Gasteiger partial charge in [-0.2, -0.15) is 0 Å². The molecule has 4 N–H and O–H groups in total. The molecule has 0 amide bonds. The summed E-state index contributed by atoms with van der Waals surface area (Å²) >= 11 is 0. The molecule has 5 heteroatoms. The van der Waals surface area contributed by atoms with Crippen molar-refractivity contribution in [2.24, 2.45) is 5.41 Å². The second-order valence-corrected chi connectivity index (χ2v) is 7.55. The average molecular weight is 280 g/mol. The molecule has 1 aromatic rings. The van der Waals surface area contributed by atoms with Crippen molar-refractivity contribution in [3.8, 4) is 0 Å². The number of nitrogens with zero attached hydrogens (tertiary/aromatic N) is 2. The summed E-state index contributed by atoms with van der Waals surface area (Å²) in [4.78, 5) is 8.72. The molecule has 0 radical (unpaired) electrons. The van der Waals surface area contributed by atoms with Crippen molar-refractivity contribution >= 4 is 11.6 Å². The van der Waals surface area contributed by atoms with Crippen molar-refractivity contribution in [1.29, 1.82) is 0 Å². The maximum absolute atomic E-state index is 10.0. The van der Waals surface area contributed by atoms with Gasteiger partial charge in [0.1, 0.15) is 17.5 Å². The fourth-order valence-electron chi connectivity index (χ4n) is 1.89. The topological polar surface area (TPSA) is 84.1 Å². The van der Waals surface area contributed by atoms with Gasteiger partial charge in [0, 0.05) is 18.0 Å². The van der Waals surface area contributed by atoms with Crippen LogP contribution in [0.4, 0.5) is 11.6 Å². The fourth-order valence-corrected chi connectivity index (χ4v) is 1.89. The first-order valence-corrected chi connectivity index (χ1v) is 7.04. The molecule has 0 bridgehead atoms. The number of aromatic nitrogens is 2. The summed E-state index contributed by atoms with van der Waals surface area (Å²) in [6.07, 6.45) is 0.316. The standard InChI is InChI=1S/C15H28N4O/c1-14(2,3)8-10(20)9-17-12-7-11(16)18-13(19-12)15(4,5)6/h7,10,20H,8-9H2,1-6H3,(H3,16,17,18,19). The summed E-state index contributed by atoms with van der Waals surface area (Å²) in [6.45, 7) is 12.9. The average Bonchev–Trinajstić information content (AvgIpc) is 2.22. The van der Waals surface area contributed by atoms with Crippen LogP contribution < -0.4 is 11.1 Å². The lowest BCUT2D eigenvalue weighted by Gasteiger charge is -2.23. The molecule has 0 aliphatic carbocycles. The lowest BCUT2D eigenvalue weighted by molar-refractivity contribution is 0.132. The van der Waals surface area contributed by atoms with Gasteiger partial charge in [0.25, 0.3) is 0 Å². The number of aliphatic hydroxyl groups is 1. The maximum Gasteiger partial charge on any atom is 0.138 e. The predicted octanol–water partition coefficient (Wildman–Crippen LogP) is 2.57. The molecule has 1 unspecified atom stereocenters. The molecule has 0 spiro atoms. The lowest BCUT2D eigenvalue weighted by atomic mass is 9.89. The van der Waals surface area contributed by atoms with Gasteiger partial charge < -0.3 is 16.2 Å². The fraction of sp³-hybridized carbons (Fsp3) is 0.733. The van der Waals surface area contributed by atoms with Crippen molar-refractivity contribution in [2.45, 2.75) is 59.5 Å². The van der Waals surface area contributed by atoms with Crippen molar-refractivity contribution in [1.82, 2.24) is 9.97 Å². The molecule has 0 aliphatic heterocycles. The van der Waals surface area contributed by atoms with Crippen LogP contribution in [0.1, 0.15) is 53.8 Å². The number of hydrogen-bond acceptors (Lipinski definition) is 5. The van der Waals surface area contributed by atoms with Crippen molar-refractivity contribution < 1.29 is 5.11 Å². The highest BCUT2D eigenvalue weighted by Gasteiger charge is 2.20. The maximum atomic E-state index is 10.0. The molecule has 1 aromatic heterocycles.